The van der Waals surface area contributed by atoms with Crippen LogP contribution < -0.4 is 5.32 Å². The lowest BCUT2D eigenvalue weighted by atomic mass is 10.3. The van der Waals surface area contributed by atoms with Crippen LogP contribution in [0.2, 0.25) is 0 Å². The Morgan fingerprint density at radius 1 is 1.67 bits per heavy atom. The van der Waals surface area contributed by atoms with Gasteiger partial charge in [-0.15, -0.1) is 11.3 Å². The summed E-state index contributed by atoms with van der Waals surface area (Å²) >= 11 is 1.66. The quantitative estimate of drug-likeness (QED) is 0.746. The molecule has 1 N–H and O–H groups in total. The summed E-state index contributed by atoms with van der Waals surface area (Å²) in [5.41, 5.74) is 1.15. The standard InChI is InChI=1S/C8H14N2OS/c1-9-4-3-7-6-12-8(10-7)5-11-2/h6,9H,3-5H2,1-2H3. The number of ether oxygens (including phenoxy) is 1. The van der Waals surface area contributed by atoms with Crippen molar-refractivity contribution in [3.63, 3.8) is 0 Å². The van der Waals surface area contributed by atoms with Crippen LogP contribution in [0.5, 0.6) is 0 Å². The molecule has 1 rings (SSSR count). The molecule has 0 saturated heterocycles. The van der Waals surface area contributed by atoms with Gasteiger partial charge in [-0.05, 0) is 7.05 Å². The van der Waals surface area contributed by atoms with Gasteiger partial charge in [0.25, 0.3) is 0 Å². The number of aromatic nitrogens is 1. The van der Waals surface area contributed by atoms with Gasteiger partial charge < -0.3 is 10.1 Å². The second kappa shape index (κ2) is 5.24. The van der Waals surface area contributed by atoms with Crippen LogP contribution in [0.3, 0.4) is 0 Å². The van der Waals surface area contributed by atoms with Crippen molar-refractivity contribution in [2.24, 2.45) is 0 Å². The Hall–Kier alpha value is -0.450. The first-order chi connectivity index (χ1) is 5.86. The van der Waals surface area contributed by atoms with E-state index in [1.54, 1.807) is 18.4 Å². The lowest BCUT2D eigenvalue weighted by molar-refractivity contribution is 0.184. The Morgan fingerprint density at radius 3 is 3.17 bits per heavy atom. The summed E-state index contributed by atoms with van der Waals surface area (Å²) in [6, 6.07) is 0. The van der Waals surface area contributed by atoms with E-state index in [-0.39, 0.29) is 0 Å². The first kappa shape index (κ1) is 9.64. The zero-order chi connectivity index (χ0) is 8.81. The molecular weight excluding hydrogens is 172 g/mol. The molecule has 0 aromatic carbocycles. The van der Waals surface area contributed by atoms with Gasteiger partial charge in [-0.2, -0.15) is 0 Å². The number of nitrogens with one attached hydrogen (secondary N) is 1. The highest BCUT2D eigenvalue weighted by Gasteiger charge is 1.99. The molecule has 0 spiro atoms. The molecule has 0 unspecified atom stereocenters. The minimum absolute atomic E-state index is 0.629. The lowest BCUT2D eigenvalue weighted by Gasteiger charge is -1.94. The van der Waals surface area contributed by atoms with Crippen LogP contribution in [0.4, 0.5) is 0 Å². The molecule has 4 heteroatoms. The third-order valence-electron chi connectivity index (χ3n) is 1.50. The molecular formula is C8H14N2OS. The zero-order valence-electron chi connectivity index (χ0n) is 7.46. The molecule has 1 heterocycles. The van der Waals surface area contributed by atoms with E-state index in [0.29, 0.717) is 6.61 Å². The second-order valence-corrected chi connectivity index (χ2v) is 3.46. The van der Waals surface area contributed by atoms with Gasteiger partial charge in [0.05, 0.1) is 12.3 Å². The number of likely N-dealkylation sites (N-methyl/N-ethyl adjacent to an activating group) is 1. The van der Waals surface area contributed by atoms with E-state index < -0.39 is 0 Å². The molecule has 1 aromatic rings. The summed E-state index contributed by atoms with van der Waals surface area (Å²) in [5.74, 6) is 0. The molecule has 0 aliphatic carbocycles. The van der Waals surface area contributed by atoms with E-state index in [1.165, 1.54) is 0 Å². The molecule has 3 nitrogen and oxygen atoms in total. The maximum Gasteiger partial charge on any atom is 0.119 e. The van der Waals surface area contributed by atoms with Crippen LogP contribution >= 0.6 is 11.3 Å². The van der Waals surface area contributed by atoms with Gasteiger partial charge in [0.1, 0.15) is 5.01 Å². The largest absolute Gasteiger partial charge is 0.378 e. The minimum Gasteiger partial charge on any atom is -0.378 e. The maximum absolute atomic E-state index is 4.98. The van der Waals surface area contributed by atoms with E-state index in [9.17, 15) is 0 Å². The topological polar surface area (TPSA) is 34.1 Å². The molecule has 68 valence electrons. The molecule has 0 saturated carbocycles. The average Bonchev–Trinajstić information content (AvgIpc) is 2.50. The predicted octanol–water partition coefficient (Wildman–Crippen LogP) is 1.05. The van der Waals surface area contributed by atoms with Crippen molar-refractivity contribution in [3.05, 3.63) is 16.1 Å². The highest BCUT2D eigenvalue weighted by molar-refractivity contribution is 7.09. The van der Waals surface area contributed by atoms with E-state index in [2.05, 4.69) is 15.7 Å². The highest BCUT2D eigenvalue weighted by Crippen LogP contribution is 2.10. The third-order valence-corrected chi connectivity index (χ3v) is 2.37. The number of hydrogen-bond donors (Lipinski definition) is 1. The van der Waals surface area contributed by atoms with Gasteiger partial charge in [-0.25, -0.2) is 4.98 Å². The van der Waals surface area contributed by atoms with Crippen molar-refractivity contribution in [3.8, 4) is 0 Å². The number of thiazole rings is 1. The average molecular weight is 186 g/mol. The molecule has 0 aliphatic rings. The van der Waals surface area contributed by atoms with Crippen molar-refractivity contribution in [2.45, 2.75) is 13.0 Å². The Kier molecular flexibility index (Phi) is 4.21. The molecule has 0 bridgehead atoms. The number of methoxy groups -OCH3 is 1. The van der Waals surface area contributed by atoms with Gasteiger partial charge >= 0.3 is 0 Å². The first-order valence-electron chi connectivity index (χ1n) is 3.93. The molecule has 0 radical (unpaired) electrons. The van der Waals surface area contributed by atoms with Gasteiger partial charge in [-0.1, -0.05) is 0 Å². The number of nitrogens with zero attached hydrogens (tertiary/aromatic N) is 1. The highest BCUT2D eigenvalue weighted by atomic mass is 32.1. The fourth-order valence-electron chi connectivity index (χ4n) is 0.907. The SMILES string of the molecule is CNCCc1csc(COC)n1. The number of rotatable bonds is 5. The molecule has 0 atom stereocenters. The van der Waals surface area contributed by atoms with Gasteiger partial charge in [0.15, 0.2) is 0 Å². The number of hydrogen-bond acceptors (Lipinski definition) is 4. The van der Waals surface area contributed by atoms with E-state index in [0.717, 1.165) is 23.7 Å². The van der Waals surface area contributed by atoms with Crippen molar-refractivity contribution in [1.29, 1.82) is 0 Å². The smallest absolute Gasteiger partial charge is 0.119 e. The van der Waals surface area contributed by atoms with Crippen molar-refractivity contribution in [2.75, 3.05) is 20.7 Å². The third kappa shape index (κ3) is 2.89. The van der Waals surface area contributed by atoms with Crippen LogP contribution in [-0.2, 0) is 17.8 Å². The zero-order valence-corrected chi connectivity index (χ0v) is 8.28. The van der Waals surface area contributed by atoms with Crippen LogP contribution in [0.1, 0.15) is 10.7 Å². The predicted molar refractivity (Wildman–Crippen MR) is 50.5 cm³/mol. The van der Waals surface area contributed by atoms with Crippen LogP contribution in [0.25, 0.3) is 0 Å². The van der Waals surface area contributed by atoms with Crippen molar-refractivity contribution >= 4 is 11.3 Å². The van der Waals surface area contributed by atoms with Gasteiger partial charge in [-0.3, -0.25) is 0 Å². The normalized spacial score (nSPS) is 10.5. The van der Waals surface area contributed by atoms with Crippen LogP contribution in [-0.4, -0.2) is 25.7 Å². The summed E-state index contributed by atoms with van der Waals surface area (Å²) in [4.78, 5) is 4.39. The van der Waals surface area contributed by atoms with Gasteiger partial charge in [0, 0.05) is 25.5 Å². The van der Waals surface area contributed by atoms with Crippen molar-refractivity contribution < 1.29 is 4.74 Å². The lowest BCUT2D eigenvalue weighted by Crippen LogP contribution is -2.10. The maximum atomic E-state index is 4.98. The molecule has 0 amide bonds. The summed E-state index contributed by atoms with van der Waals surface area (Å²) in [5, 5.41) is 6.24. The Bertz CT molecular complexity index is 225. The fraction of sp³-hybridized carbons (Fsp3) is 0.625. The van der Waals surface area contributed by atoms with E-state index in [1.807, 2.05) is 7.05 Å². The van der Waals surface area contributed by atoms with E-state index >= 15 is 0 Å². The molecule has 0 fully saturated rings. The Balaban J connectivity index is 2.41. The van der Waals surface area contributed by atoms with Crippen LogP contribution in [0, 0.1) is 0 Å². The fourth-order valence-corrected chi connectivity index (χ4v) is 1.71. The van der Waals surface area contributed by atoms with Gasteiger partial charge in [0.2, 0.25) is 0 Å². The summed E-state index contributed by atoms with van der Waals surface area (Å²) < 4.78 is 4.98. The Labute approximate surface area is 76.8 Å². The minimum atomic E-state index is 0.629. The summed E-state index contributed by atoms with van der Waals surface area (Å²) in [6.45, 7) is 1.61. The second-order valence-electron chi connectivity index (χ2n) is 2.52. The first-order valence-corrected chi connectivity index (χ1v) is 4.81. The molecule has 0 aliphatic heterocycles. The molecule has 12 heavy (non-hydrogen) atoms. The van der Waals surface area contributed by atoms with Crippen molar-refractivity contribution in [1.82, 2.24) is 10.3 Å². The van der Waals surface area contributed by atoms with Crippen LogP contribution in [0.15, 0.2) is 5.38 Å². The molecule has 1 aromatic heterocycles. The van der Waals surface area contributed by atoms with E-state index in [4.69, 9.17) is 4.74 Å². The Morgan fingerprint density at radius 2 is 2.50 bits per heavy atom. The summed E-state index contributed by atoms with van der Waals surface area (Å²) in [7, 11) is 3.64. The monoisotopic (exact) mass is 186 g/mol. The summed E-state index contributed by atoms with van der Waals surface area (Å²) in [6.07, 6.45) is 0.997.